The van der Waals surface area contributed by atoms with Crippen LogP contribution in [0.2, 0.25) is 0 Å². The number of benzene rings is 8. The van der Waals surface area contributed by atoms with Crippen LogP contribution in [0.5, 0.6) is 11.5 Å². The van der Waals surface area contributed by atoms with E-state index >= 15 is 4.57 Å². The van der Waals surface area contributed by atoms with Gasteiger partial charge in [0.15, 0.2) is 7.14 Å². The maximum atomic E-state index is 15.4. The third kappa shape index (κ3) is 4.09. The van der Waals surface area contributed by atoms with Crippen LogP contribution in [0.4, 0.5) is 0 Å². The molecule has 0 amide bonds. The lowest BCUT2D eigenvalue weighted by atomic mass is 9.61. The van der Waals surface area contributed by atoms with Crippen molar-refractivity contribution in [3.05, 3.63) is 216 Å². The molecule has 1 aromatic heterocycles. The number of ether oxygens (including phenoxy) is 1. The standard InChI is InChI=1S/C49H32NO2P/c51-53(35-16-3-1-4-17-35,36-18-5-2-6-19-36)37-20-13-15-33(31-37)34-29-30-40-45(32-34)50-44-26-10-7-21-38(44)39-22-14-25-43(48(39)50)49(40)41-23-8-11-27-46(41)52-47-28-12-9-24-42(47)49/h1-32H. The Bertz CT molecular complexity index is 2870. The fraction of sp³-hybridized carbons (Fsp3) is 0.0204. The zero-order chi connectivity index (χ0) is 35.1. The van der Waals surface area contributed by atoms with Gasteiger partial charge in [-0.1, -0.05) is 164 Å². The molecule has 0 unspecified atom stereocenters. The normalized spacial score (nSPS) is 13.7. The molecule has 0 saturated heterocycles. The van der Waals surface area contributed by atoms with Gasteiger partial charge in [-0.05, 0) is 52.6 Å². The summed E-state index contributed by atoms with van der Waals surface area (Å²) in [5.41, 5.74) is 9.65. The maximum Gasteiger partial charge on any atom is 0.171 e. The van der Waals surface area contributed by atoms with Gasteiger partial charge in [-0.25, -0.2) is 0 Å². The summed E-state index contributed by atoms with van der Waals surface area (Å²) in [5.74, 6) is 1.74. The second-order valence-corrected chi connectivity index (χ2v) is 16.7. The second kappa shape index (κ2) is 11.3. The molecule has 2 aliphatic rings. The van der Waals surface area contributed by atoms with E-state index in [0.29, 0.717) is 0 Å². The number of hydrogen-bond acceptors (Lipinski definition) is 2. The molecule has 3 heterocycles. The molecule has 9 aromatic rings. The van der Waals surface area contributed by atoms with Gasteiger partial charge in [0, 0.05) is 37.8 Å². The smallest absolute Gasteiger partial charge is 0.171 e. The Morgan fingerprint density at radius 3 is 1.70 bits per heavy atom. The van der Waals surface area contributed by atoms with Crippen LogP contribution >= 0.6 is 7.14 Å². The molecule has 11 rings (SSSR count). The summed E-state index contributed by atoms with van der Waals surface area (Å²) in [4.78, 5) is 0. The topological polar surface area (TPSA) is 31.2 Å². The van der Waals surface area contributed by atoms with E-state index in [0.717, 1.165) is 55.4 Å². The van der Waals surface area contributed by atoms with Crippen LogP contribution in [-0.2, 0) is 9.98 Å². The van der Waals surface area contributed by atoms with Gasteiger partial charge in [0.1, 0.15) is 11.5 Å². The Kier molecular flexibility index (Phi) is 6.44. The Morgan fingerprint density at radius 2 is 0.981 bits per heavy atom. The average Bonchev–Trinajstić information content (AvgIpc) is 3.58. The number of hydrogen-bond donors (Lipinski definition) is 0. The first-order valence-electron chi connectivity index (χ1n) is 18.0. The molecule has 3 nitrogen and oxygen atoms in total. The van der Waals surface area contributed by atoms with E-state index in [4.69, 9.17) is 4.74 Å². The Labute approximate surface area is 307 Å². The van der Waals surface area contributed by atoms with Crippen molar-refractivity contribution < 1.29 is 9.30 Å². The van der Waals surface area contributed by atoms with Crippen LogP contribution in [-0.4, -0.2) is 4.57 Å². The number of nitrogens with zero attached hydrogens (tertiary/aromatic N) is 1. The van der Waals surface area contributed by atoms with Crippen LogP contribution in [0.3, 0.4) is 0 Å². The van der Waals surface area contributed by atoms with Gasteiger partial charge in [0.05, 0.1) is 22.1 Å². The minimum atomic E-state index is -3.17. The van der Waals surface area contributed by atoms with Crippen molar-refractivity contribution in [2.45, 2.75) is 5.41 Å². The fourth-order valence-electron chi connectivity index (χ4n) is 9.11. The Morgan fingerprint density at radius 1 is 0.434 bits per heavy atom. The molecule has 0 saturated carbocycles. The van der Waals surface area contributed by atoms with Gasteiger partial charge in [0.25, 0.3) is 0 Å². The van der Waals surface area contributed by atoms with Gasteiger partial charge >= 0.3 is 0 Å². The van der Waals surface area contributed by atoms with Crippen LogP contribution in [0, 0.1) is 0 Å². The minimum Gasteiger partial charge on any atom is -0.457 e. The quantitative estimate of drug-likeness (QED) is 0.171. The number of rotatable bonds is 4. The van der Waals surface area contributed by atoms with Crippen LogP contribution in [0.15, 0.2) is 194 Å². The maximum absolute atomic E-state index is 15.4. The van der Waals surface area contributed by atoms with E-state index in [1.165, 1.54) is 32.9 Å². The van der Waals surface area contributed by atoms with E-state index in [1.54, 1.807) is 0 Å². The van der Waals surface area contributed by atoms with E-state index in [9.17, 15) is 0 Å². The lowest BCUT2D eigenvalue weighted by Crippen LogP contribution is -2.37. The first-order chi connectivity index (χ1) is 26.2. The molecule has 53 heavy (non-hydrogen) atoms. The van der Waals surface area contributed by atoms with Gasteiger partial charge in [-0.15, -0.1) is 0 Å². The molecule has 0 aliphatic carbocycles. The summed E-state index contributed by atoms with van der Waals surface area (Å²) in [5, 5.41) is 4.91. The number of aromatic nitrogens is 1. The second-order valence-electron chi connectivity index (χ2n) is 14.0. The van der Waals surface area contributed by atoms with Crippen molar-refractivity contribution in [3.63, 3.8) is 0 Å². The summed E-state index contributed by atoms with van der Waals surface area (Å²) in [7, 11) is -3.17. The van der Waals surface area contributed by atoms with Gasteiger partial charge in [-0.3, -0.25) is 0 Å². The van der Waals surface area contributed by atoms with E-state index < -0.39 is 12.6 Å². The molecule has 0 bridgehead atoms. The zero-order valence-corrected chi connectivity index (χ0v) is 29.6. The molecule has 2 aliphatic heterocycles. The third-order valence-electron chi connectivity index (χ3n) is 11.3. The number of para-hydroxylation sites is 4. The summed E-state index contributed by atoms with van der Waals surface area (Å²) in [6.07, 6.45) is 0. The lowest BCUT2D eigenvalue weighted by molar-refractivity contribution is 0.434. The molecule has 250 valence electrons. The van der Waals surface area contributed by atoms with Gasteiger partial charge in [-0.2, -0.15) is 0 Å². The van der Waals surface area contributed by atoms with Crippen LogP contribution in [0.25, 0.3) is 38.6 Å². The molecule has 4 heteroatoms. The minimum absolute atomic E-state index is 0.624. The van der Waals surface area contributed by atoms with Crippen molar-refractivity contribution in [2.24, 2.45) is 0 Å². The Balaban J connectivity index is 1.22. The molecule has 0 fully saturated rings. The van der Waals surface area contributed by atoms with Gasteiger partial charge < -0.3 is 13.9 Å². The van der Waals surface area contributed by atoms with Crippen molar-refractivity contribution in [1.82, 2.24) is 4.57 Å². The average molecular weight is 698 g/mol. The van der Waals surface area contributed by atoms with E-state index in [2.05, 4.69) is 126 Å². The van der Waals surface area contributed by atoms with Crippen LogP contribution < -0.4 is 20.7 Å². The monoisotopic (exact) mass is 697 g/mol. The summed E-state index contributed by atoms with van der Waals surface area (Å²) < 4.78 is 24.5. The highest BCUT2D eigenvalue weighted by atomic mass is 31.2. The molecule has 0 radical (unpaired) electrons. The fourth-order valence-corrected chi connectivity index (χ4v) is 11.8. The predicted octanol–water partition coefficient (Wildman–Crippen LogP) is 10.9. The molecular formula is C49H32NO2P. The van der Waals surface area contributed by atoms with E-state index in [1.807, 2.05) is 72.8 Å². The summed E-state index contributed by atoms with van der Waals surface area (Å²) in [6, 6.07) is 67.6. The largest absolute Gasteiger partial charge is 0.457 e. The highest BCUT2D eigenvalue weighted by molar-refractivity contribution is 7.85. The zero-order valence-electron chi connectivity index (χ0n) is 28.7. The van der Waals surface area contributed by atoms with Crippen molar-refractivity contribution in [3.8, 4) is 28.3 Å². The highest BCUT2D eigenvalue weighted by Gasteiger charge is 2.50. The van der Waals surface area contributed by atoms with Crippen molar-refractivity contribution in [1.29, 1.82) is 0 Å². The SMILES string of the molecule is O=P(c1ccccc1)(c1ccccc1)c1cccc(-c2ccc3c(c2)-n2c4ccccc4c4cccc(c42)C32c3ccccc3Oc3ccccc32)c1. The van der Waals surface area contributed by atoms with Crippen molar-refractivity contribution in [2.75, 3.05) is 0 Å². The molecule has 0 N–H and O–H groups in total. The lowest BCUT2D eigenvalue weighted by Gasteiger charge is -2.45. The molecular weight excluding hydrogens is 666 g/mol. The van der Waals surface area contributed by atoms with Gasteiger partial charge in [0.2, 0.25) is 0 Å². The van der Waals surface area contributed by atoms with E-state index in [-0.39, 0.29) is 0 Å². The third-order valence-corrected chi connectivity index (χ3v) is 14.4. The Hall–Kier alpha value is -6.41. The molecule has 0 atom stereocenters. The summed E-state index contributed by atoms with van der Waals surface area (Å²) >= 11 is 0. The highest BCUT2D eigenvalue weighted by Crippen LogP contribution is 2.60. The first kappa shape index (κ1) is 30.2. The molecule has 8 aromatic carbocycles. The predicted molar refractivity (Wildman–Crippen MR) is 218 cm³/mol. The number of fused-ring (bicyclic) bond motifs is 11. The van der Waals surface area contributed by atoms with Crippen molar-refractivity contribution >= 4 is 44.9 Å². The molecule has 1 spiro atoms. The van der Waals surface area contributed by atoms with Crippen LogP contribution in [0.1, 0.15) is 22.3 Å². The summed E-state index contributed by atoms with van der Waals surface area (Å²) in [6.45, 7) is 0. The first-order valence-corrected chi connectivity index (χ1v) is 19.7.